The molecule has 5 rings (SSSR count). The molecule has 2 amide bonds. The molecule has 0 spiro atoms. The van der Waals surface area contributed by atoms with Crippen LogP contribution in [0.5, 0.6) is 5.75 Å². The van der Waals surface area contributed by atoms with Crippen molar-refractivity contribution in [1.82, 2.24) is 10.2 Å². The van der Waals surface area contributed by atoms with Gasteiger partial charge in [-0.2, -0.15) is 0 Å². The molecule has 0 saturated carbocycles. The first-order valence-electron chi connectivity index (χ1n) is 13.5. The van der Waals surface area contributed by atoms with Gasteiger partial charge in [-0.3, -0.25) is 14.5 Å². The van der Waals surface area contributed by atoms with Crippen LogP contribution in [0.25, 0.3) is 0 Å². The summed E-state index contributed by atoms with van der Waals surface area (Å²) in [5.74, 6) is 0.0575. The maximum Gasteiger partial charge on any atom is 0.359 e. The van der Waals surface area contributed by atoms with E-state index in [-0.39, 0.29) is 18.2 Å². The SMILES string of the molecule is CC(C)COC1=C(C(=O)OC(c2ccccc2)c2ccccc2)N2C(=O)C(NC(=O)COc3ccccc3)[C@@H]2SC1. The summed E-state index contributed by atoms with van der Waals surface area (Å²) in [4.78, 5) is 41.3. The highest BCUT2D eigenvalue weighted by molar-refractivity contribution is 8.00. The minimum absolute atomic E-state index is 0.0855. The van der Waals surface area contributed by atoms with Gasteiger partial charge in [0.15, 0.2) is 18.4 Å². The maximum absolute atomic E-state index is 13.9. The standard InChI is InChI=1S/C32H32N2O6S/c1-21(2)18-39-25-20-41-31-27(33-26(35)19-38-24-16-10-5-11-17-24)30(36)34(31)28(25)32(37)40-29(22-12-6-3-7-13-22)23-14-8-4-9-15-23/h3-17,21,27,29,31H,18-20H2,1-2H3,(H,33,35)/t27?,31-/m0/s1. The Kier molecular flexibility index (Phi) is 8.94. The summed E-state index contributed by atoms with van der Waals surface area (Å²) >= 11 is 1.43. The molecule has 0 bridgehead atoms. The van der Waals surface area contributed by atoms with E-state index in [1.807, 2.05) is 92.7 Å². The van der Waals surface area contributed by atoms with E-state index in [2.05, 4.69) is 5.32 Å². The number of carbonyl (C=O) groups is 3. The Morgan fingerprint density at radius 3 is 2.07 bits per heavy atom. The number of ether oxygens (including phenoxy) is 3. The number of nitrogens with one attached hydrogen (secondary N) is 1. The van der Waals surface area contributed by atoms with Crippen LogP contribution in [0.3, 0.4) is 0 Å². The molecule has 2 atom stereocenters. The van der Waals surface area contributed by atoms with Gasteiger partial charge in [0.2, 0.25) is 0 Å². The summed E-state index contributed by atoms with van der Waals surface area (Å²) in [6.07, 6.45) is -0.682. The van der Waals surface area contributed by atoms with Crippen molar-refractivity contribution in [3.8, 4) is 5.75 Å². The molecule has 41 heavy (non-hydrogen) atoms. The van der Waals surface area contributed by atoms with Crippen LogP contribution in [-0.4, -0.2) is 53.1 Å². The molecule has 8 nitrogen and oxygen atoms in total. The van der Waals surface area contributed by atoms with Crippen LogP contribution >= 0.6 is 11.8 Å². The number of β-lactam (4-membered cyclic amide) rings is 1. The van der Waals surface area contributed by atoms with Crippen molar-refractivity contribution in [3.05, 3.63) is 114 Å². The number of para-hydroxylation sites is 1. The summed E-state index contributed by atoms with van der Waals surface area (Å²) in [6.45, 7) is 4.18. The van der Waals surface area contributed by atoms with Gasteiger partial charge in [-0.25, -0.2) is 4.79 Å². The second kappa shape index (κ2) is 13.0. The lowest BCUT2D eigenvalue weighted by atomic mass is 10.0. The number of esters is 1. The molecule has 1 saturated heterocycles. The molecule has 1 N–H and O–H groups in total. The van der Waals surface area contributed by atoms with Crippen LogP contribution in [0.4, 0.5) is 0 Å². The van der Waals surface area contributed by atoms with E-state index < -0.39 is 35.3 Å². The number of hydrogen-bond acceptors (Lipinski definition) is 7. The fourth-order valence-corrected chi connectivity index (χ4v) is 5.86. The van der Waals surface area contributed by atoms with Crippen LogP contribution in [0.15, 0.2) is 102 Å². The van der Waals surface area contributed by atoms with E-state index in [4.69, 9.17) is 14.2 Å². The highest BCUT2D eigenvalue weighted by Gasteiger charge is 2.55. The Labute approximate surface area is 243 Å². The Morgan fingerprint density at radius 1 is 0.902 bits per heavy atom. The average molecular weight is 573 g/mol. The third-order valence-corrected chi connectivity index (χ3v) is 7.83. The van der Waals surface area contributed by atoms with E-state index in [1.54, 1.807) is 12.1 Å². The summed E-state index contributed by atoms with van der Waals surface area (Å²) in [6, 6.07) is 27.1. The molecular weight excluding hydrogens is 540 g/mol. The number of fused-ring (bicyclic) bond motifs is 1. The van der Waals surface area contributed by atoms with Crippen molar-refractivity contribution in [1.29, 1.82) is 0 Å². The van der Waals surface area contributed by atoms with Crippen molar-refractivity contribution in [2.24, 2.45) is 5.92 Å². The molecule has 1 unspecified atom stereocenters. The minimum atomic E-state index is -0.791. The van der Waals surface area contributed by atoms with Crippen molar-refractivity contribution in [3.63, 3.8) is 0 Å². The third-order valence-electron chi connectivity index (χ3n) is 6.58. The third kappa shape index (κ3) is 6.57. The molecule has 2 aliphatic rings. The number of thioether (sulfide) groups is 1. The molecule has 212 valence electrons. The van der Waals surface area contributed by atoms with Crippen LogP contribution in [0.2, 0.25) is 0 Å². The van der Waals surface area contributed by atoms with Gasteiger partial charge in [-0.15, -0.1) is 11.8 Å². The predicted molar refractivity (Wildman–Crippen MR) is 156 cm³/mol. The number of nitrogens with zero attached hydrogens (tertiary/aromatic N) is 1. The molecule has 1 fully saturated rings. The summed E-state index contributed by atoms with van der Waals surface area (Å²) in [5, 5.41) is 2.29. The normalized spacial score (nSPS) is 18.0. The number of amides is 2. The lowest BCUT2D eigenvalue weighted by molar-refractivity contribution is -0.155. The zero-order valence-corrected chi connectivity index (χ0v) is 23.7. The fourth-order valence-electron chi connectivity index (χ4n) is 4.59. The van der Waals surface area contributed by atoms with Gasteiger partial charge < -0.3 is 19.5 Å². The van der Waals surface area contributed by atoms with Gasteiger partial charge in [0.1, 0.15) is 22.9 Å². The summed E-state index contributed by atoms with van der Waals surface area (Å²) in [7, 11) is 0. The zero-order valence-electron chi connectivity index (χ0n) is 22.9. The molecule has 0 aliphatic carbocycles. The second-order valence-corrected chi connectivity index (χ2v) is 11.2. The molecular formula is C32H32N2O6S. The molecule has 3 aromatic rings. The molecule has 0 radical (unpaired) electrons. The first kappa shape index (κ1) is 28.3. The number of carbonyl (C=O) groups excluding carboxylic acids is 3. The van der Waals surface area contributed by atoms with E-state index in [1.165, 1.54) is 16.7 Å². The molecule has 2 heterocycles. The first-order chi connectivity index (χ1) is 19.9. The van der Waals surface area contributed by atoms with Crippen molar-refractivity contribution < 1.29 is 28.6 Å². The van der Waals surface area contributed by atoms with Crippen LogP contribution in [-0.2, 0) is 23.9 Å². The Bertz CT molecular complexity index is 1360. The largest absolute Gasteiger partial charge is 0.494 e. The Hall–Kier alpha value is -4.24. The van der Waals surface area contributed by atoms with Crippen LogP contribution in [0, 0.1) is 5.92 Å². The minimum Gasteiger partial charge on any atom is -0.494 e. The van der Waals surface area contributed by atoms with Gasteiger partial charge >= 0.3 is 5.97 Å². The predicted octanol–water partition coefficient (Wildman–Crippen LogP) is 4.68. The second-order valence-electron chi connectivity index (χ2n) is 10.1. The van der Waals surface area contributed by atoms with E-state index in [0.717, 1.165) is 11.1 Å². The lowest BCUT2D eigenvalue weighted by Crippen LogP contribution is -2.71. The monoisotopic (exact) mass is 572 g/mol. The van der Waals surface area contributed by atoms with Gasteiger partial charge in [-0.1, -0.05) is 92.7 Å². The lowest BCUT2D eigenvalue weighted by Gasteiger charge is -2.49. The summed E-state index contributed by atoms with van der Waals surface area (Å²) < 4.78 is 17.7. The molecule has 2 aliphatic heterocycles. The smallest absolute Gasteiger partial charge is 0.359 e. The molecule has 3 aromatic carbocycles. The van der Waals surface area contributed by atoms with Crippen LogP contribution in [0.1, 0.15) is 31.1 Å². The maximum atomic E-state index is 13.9. The topological polar surface area (TPSA) is 94.2 Å². The highest BCUT2D eigenvalue weighted by atomic mass is 32.2. The van der Waals surface area contributed by atoms with E-state index >= 15 is 0 Å². The quantitative estimate of drug-likeness (QED) is 0.263. The first-order valence-corrected chi connectivity index (χ1v) is 14.6. The molecule has 0 aromatic heterocycles. The van der Waals surface area contributed by atoms with E-state index in [9.17, 15) is 14.4 Å². The van der Waals surface area contributed by atoms with Gasteiger partial charge in [0, 0.05) is 0 Å². The van der Waals surface area contributed by atoms with Crippen LogP contribution < -0.4 is 10.1 Å². The van der Waals surface area contributed by atoms with Gasteiger partial charge in [0.05, 0.1) is 12.4 Å². The molecule has 9 heteroatoms. The number of hydrogen-bond donors (Lipinski definition) is 1. The van der Waals surface area contributed by atoms with Gasteiger partial charge in [-0.05, 0) is 29.2 Å². The average Bonchev–Trinajstić information content (AvgIpc) is 3.01. The fraction of sp³-hybridized carbons (Fsp3) is 0.281. The van der Waals surface area contributed by atoms with Crippen molar-refractivity contribution in [2.45, 2.75) is 31.4 Å². The number of benzene rings is 3. The zero-order chi connectivity index (χ0) is 28.8. The Morgan fingerprint density at radius 2 is 1.49 bits per heavy atom. The van der Waals surface area contributed by atoms with Gasteiger partial charge in [0.25, 0.3) is 11.8 Å². The van der Waals surface area contributed by atoms with Crippen molar-refractivity contribution in [2.75, 3.05) is 19.0 Å². The Balaban J connectivity index is 1.35. The highest BCUT2D eigenvalue weighted by Crippen LogP contribution is 2.42. The van der Waals surface area contributed by atoms with E-state index in [0.29, 0.717) is 23.9 Å². The summed E-state index contributed by atoms with van der Waals surface area (Å²) in [5.41, 5.74) is 1.69. The van der Waals surface area contributed by atoms with Crippen molar-refractivity contribution >= 4 is 29.5 Å². The number of rotatable bonds is 11.